The maximum absolute atomic E-state index is 4.09. The standard InChI is InChI=1S/C32H43N2/c1-11-19-24-26(12-2)33(13-3)28(31(24,7)8)22-15-14-16-23-29-32(9,10)25-20-17-18-21-27(25)34(29)30(4,5)6/h11-12,14-23H,2,13H2,1,3-10H3/q+1/b19-11-. The average molecular weight is 456 g/mol. The zero-order valence-electron chi connectivity index (χ0n) is 22.7. The van der Waals surface area contributed by atoms with E-state index in [1.165, 1.54) is 33.9 Å². The highest BCUT2D eigenvalue weighted by atomic mass is 15.2. The molecule has 34 heavy (non-hydrogen) atoms. The minimum Gasteiger partial charge on any atom is -0.339 e. The third-order valence-electron chi connectivity index (χ3n) is 7.11. The van der Waals surface area contributed by atoms with Crippen molar-refractivity contribution in [1.29, 1.82) is 0 Å². The number of hydrogen-bond acceptors (Lipinski definition) is 1. The Morgan fingerprint density at radius 1 is 0.971 bits per heavy atom. The van der Waals surface area contributed by atoms with E-state index in [-0.39, 0.29) is 16.4 Å². The largest absolute Gasteiger partial charge is 0.339 e. The molecule has 2 nitrogen and oxygen atoms in total. The van der Waals surface area contributed by atoms with Crippen LogP contribution < -0.4 is 4.90 Å². The van der Waals surface area contributed by atoms with Gasteiger partial charge in [0.25, 0.3) is 0 Å². The van der Waals surface area contributed by atoms with Crippen LogP contribution in [-0.2, 0) is 5.41 Å². The second kappa shape index (κ2) is 9.41. The zero-order valence-corrected chi connectivity index (χ0v) is 22.7. The molecule has 0 saturated heterocycles. The summed E-state index contributed by atoms with van der Waals surface area (Å²) in [6.07, 6.45) is 17.4. The summed E-state index contributed by atoms with van der Waals surface area (Å²) in [5, 5.41) is 0. The van der Waals surface area contributed by atoms with Gasteiger partial charge in [-0.3, -0.25) is 0 Å². The molecule has 0 N–H and O–H groups in total. The molecule has 0 radical (unpaired) electrons. The molecule has 2 aliphatic rings. The third kappa shape index (κ3) is 4.31. The summed E-state index contributed by atoms with van der Waals surface area (Å²) in [6.45, 7) is 25.4. The van der Waals surface area contributed by atoms with E-state index in [0.29, 0.717) is 0 Å². The lowest BCUT2D eigenvalue weighted by atomic mass is 9.80. The molecule has 2 heteroatoms. The number of likely N-dealkylation sites (N-methyl/N-ethyl adjacent to an activating group) is 1. The van der Waals surface area contributed by atoms with Crippen molar-refractivity contribution in [3.05, 3.63) is 102 Å². The van der Waals surface area contributed by atoms with Crippen LogP contribution in [0.4, 0.5) is 5.69 Å². The molecule has 2 aliphatic heterocycles. The van der Waals surface area contributed by atoms with Crippen LogP contribution in [0.25, 0.3) is 0 Å². The smallest absolute Gasteiger partial charge is 0.209 e. The number of anilines is 1. The van der Waals surface area contributed by atoms with Gasteiger partial charge in [-0.15, -0.1) is 0 Å². The summed E-state index contributed by atoms with van der Waals surface area (Å²) >= 11 is 0. The number of allylic oxidation sites excluding steroid dienone is 10. The van der Waals surface area contributed by atoms with Gasteiger partial charge in [0.2, 0.25) is 5.70 Å². The molecular weight excluding hydrogens is 412 g/mol. The van der Waals surface area contributed by atoms with Crippen molar-refractivity contribution in [3.8, 4) is 0 Å². The van der Waals surface area contributed by atoms with Crippen LogP contribution >= 0.6 is 0 Å². The first-order valence-corrected chi connectivity index (χ1v) is 12.5. The lowest BCUT2D eigenvalue weighted by Crippen LogP contribution is -2.41. The van der Waals surface area contributed by atoms with E-state index in [2.05, 4.69) is 145 Å². The van der Waals surface area contributed by atoms with Crippen molar-refractivity contribution >= 4 is 11.4 Å². The molecule has 1 aromatic rings. The maximum Gasteiger partial charge on any atom is 0.209 e. The van der Waals surface area contributed by atoms with E-state index in [0.717, 1.165) is 6.54 Å². The van der Waals surface area contributed by atoms with E-state index in [9.17, 15) is 0 Å². The summed E-state index contributed by atoms with van der Waals surface area (Å²) in [5.41, 5.74) is 7.78. The highest BCUT2D eigenvalue weighted by Gasteiger charge is 2.44. The number of fused-ring (bicyclic) bond motifs is 1. The fourth-order valence-electron chi connectivity index (χ4n) is 5.50. The summed E-state index contributed by atoms with van der Waals surface area (Å²) in [5.74, 6) is 0. The quantitative estimate of drug-likeness (QED) is 0.310. The Balaban J connectivity index is 1.94. The Morgan fingerprint density at radius 2 is 1.65 bits per heavy atom. The van der Waals surface area contributed by atoms with E-state index in [1.807, 2.05) is 6.08 Å². The predicted molar refractivity (Wildman–Crippen MR) is 150 cm³/mol. The van der Waals surface area contributed by atoms with Crippen molar-refractivity contribution < 1.29 is 4.58 Å². The number of hydrogen-bond donors (Lipinski definition) is 0. The van der Waals surface area contributed by atoms with Gasteiger partial charge < -0.3 is 4.90 Å². The van der Waals surface area contributed by atoms with Gasteiger partial charge in [0.15, 0.2) is 5.71 Å². The number of nitrogens with zero attached hydrogens (tertiary/aromatic N) is 2. The molecule has 0 atom stereocenters. The van der Waals surface area contributed by atoms with Crippen LogP contribution in [-0.4, -0.2) is 22.4 Å². The summed E-state index contributed by atoms with van der Waals surface area (Å²) in [4.78, 5) is 2.49. The summed E-state index contributed by atoms with van der Waals surface area (Å²) in [7, 11) is 0. The summed E-state index contributed by atoms with van der Waals surface area (Å²) < 4.78 is 2.38. The molecule has 0 saturated carbocycles. The van der Waals surface area contributed by atoms with Crippen LogP contribution in [0.3, 0.4) is 0 Å². The highest BCUT2D eigenvalue weighted by molar-refractivity contribution is 6.00. The normalized spacial score (nSPS) is 21.2. The van der Waals surface area contributed by atoms with E-state index in [1.54, 1.807) is 0 Å². The van der Waals surface area contributed by atoms with Crippen LogP contribution in [0.2, 0.25) is 0 Å². The molecule has 1 aromatic carbocycles. The van der Waals surface area contributed by atoms with Gasteiger partial charge in [-0.2, -0.15) is 4.58 Å². The van der Waals surface area contributed by atoms with Crippen molar-refractivity contribution in [2.75, 3.05) is 11.4 Å². The van der Waals surface area contributed by atoms with E-state index in [4.69, 9.17) is 0 Å². The Kier molecular flexibility index (Phi) is 7.12. The van der Waals surface area contributed by atoms with Gasteiger partial charge in [0, 0.05) is 40.1 Å². The molecule has 0 spiro atoms. The van der Waals surface area contributed by atoms with Crippen molar-refractivity contribution in [2.24, 2.45) is 5.41 Å². The Labute approximate surface area is 208 Å². The Morgan fingerprint density at radius 3 is 2.24 bits per heavy atom. The lowest BCUT2D eigenvalue weighted by Gasteiger charge is -2.38. The van der Waals surface area contributed by atoms with Gasteiger partial charge in [0.1, 0.15) is 6.54 Å². The maximum atomic E-state index is 4.09. The third-order valence-corrected chi connectivity index (χ3v) is 7.11. The van der Waals surface area contributed by atoms with Crippen molar-refractivity contribution in [3.63, 3.8) is 0 Å². The number of benzene rings is 1. The second-order valence-corrected chi connectivity index (χ2v) is 11.2. The first kappa shape index (κ1) is 25.7. The molecule has 0 fully saturated rings. The minimum atomic E-state index is -0.0625. The molecule has 0 aromatic heterocycles. The fraction of sp³-hybridized carbons (Fsp3) is 0.406. The van der Waals surface area contributed by atoms with Gasteiger partial charge in [-0.05, 0) is 66.2 Å². The topological polar surface area (TPSA) is 6.25 Å². The fourth-order valence-corrected chi connectivity index (χ4v) is 5.50. The van der Waals surface area contributed by atoms with Gasteiger partial charge >= 0.3 is 0 Å². The van der Waals surface area contributed by atoms with Crippen LogP contribution in [0.5, 0.6) is 0 Å². The Hall–Kier alpha value is -2.87. The predicted octanol–water partition coefficient (Wildman–Crippen LogP) is 8.11. The molecule has 0 bridgehead atoms. The van der Waals surface area contributed by atoms with Gasteiger partial charge in [0.05, 0.1) is 5.41 Å². The first-order chi connectivity index (χ1) is 15.9. The number of rotatable bonds is 6. The zero-order chi connectivity index (χ0) is 25.3. The molecule has 0 aliphatic carbocycles. The Bertz CT molecular complexity index is 1140. The van der Waals surface area contributed by atoms with Crippen LogP contribution in [0.1, 0.15) is 67.9 Å². The summed E-state index contributed by atoms with van der Waals surface area (Å²) in [6, 6.07) is 8.81. The molecule has 2 heterocycles. The minimum absolute atomic E-state index is 0.000686. The molecule has 0 amide bonds. The molecule has 180 valence electrons. The van der Waals surface area contributed by atoms with E-state index >= 15 is 0 Å². The average Bonchev–Trinajstić information content (AvgIpc) is 3.12. The van der Waals surface area contributed by atoms with Crippen molar-refractivity contribution in [1.82, 2.24) is 0 Å². The highest BCUT2D eigenvalue weighted by Crippen LogP contribution is 2.50. The van der Waals surface area contributed by atoms with Gasteiger partial charge in [-0.1, -0.05) is 69.0 Å². The van der Waals surface area contributed by atoms with Gasteiger partial charge in [-0.25, -0.2) is 0 Å². The van der Waals surface area contributed by atoms with Crippen molar-refractivity contribution in [2.45, 2.75) is 73.3 Å². The van der Waals surface area contributed by atoms with E-state index < -0.39 is 0 Å². The number of para-hydroxylation sites is 1. The monoisotopic (exact) mass is 455 g/mol. The molecular formula is C32H43N2+. The SMILES string of the molecule is C=CC1=C(/C=C\C)C(C)(C)C(/C=C/C=C/C=C2/N(C(C)(C)C)c3ccccc3C2(C)C)=[N+]1CC. The van der Waals surface area contributed by atoms with Crippen LogP contribution in [0.15, 0.2) is 96.4 Å². The first-order valence-electron chi connectivity index (χ1n) is 12.5. The lowest BCUT2D eigenvalue weighted by molar-refractivity contribution is -0.465. The second-order valence-electron chi connectivity index (χ2n) is 11.2. The van der Waals surface area contributed by atoms with Crippen LogP contribution in [0, 0.1) is 5.41 Å². The molecule has 0 unspecified atom stereocenters. The molecule has 3 rings (SSSR count).